The number of hydrogen-bond donors (Lipinski definition) is 0. The number of likely N-dealkylation sites (N-methyl/N-ethyl adjacent to an activating group) is 1. The van der Waals surface area contributed by atoms with Gasteiger partial charge in [0.25, 0.3) is 11.5 Å². The lowest BCUT2D eigenvalue weighted by Crippen LogP contribution is -2.34. The molecule has 0 atom stereocenters. The van der Waals surface area contributed by atoms with Gasteiger partial charge in [-0.3, -0.25) is 14.2 Å². The summed E-state index contributed by atoms with van der Waals surface area (Å²) in [5.74, 6) is 1.35. The molecule has 0 saturated heterocycles. The average molecular weight is 343 g/mol. The highest BCUT2D eigenvalue weighted by Crippen LogP contribution is 2.19. The van der Waals surface area contributed by atoms with Crippen LogP contribution in [0.1, 0.15) is 38.9 Å². The Morgan fingerprint density at radius 2 is 2.04 bits per heavy atom. The summed E-state index contributed by atoms with van der Waals surface area (Å²) < 4.78 is 7.41. The SMILES string of the molecule is CCN(CC)C(=O)COc1ccc2nc3n(c(=O)c2c1)CCCCC3. The summed E-state index contributed by atoms with van der Waals surface area (Å²) in [5, 5.41) is 0.554. The maximum Gasteiger partial charge on any atom is 0.261 e. The molecule has 0 radical (unpaired) electrons. The summed E-state index contributed by atoms with van der Waals surface area (Å²) in [6.07, 6.45) is 4.06. The molecule has 6 heteroatoms. The summed E-state index contributed by atoms with van der Waals surface area (Å²) in [6.45, 7) is 5.91. The predicted octanol–water partition coefficient (Wildman–Crippen LogP) is 2.37. The average Bonchev–Trinajstić information content (AvgIpc) is 2.87. The van der Waals surface area contributed by atoms with E-state index in [1.54, 1.807) is 27.7 Å². The van der Waals surface area contributed by atoms with Gasteiger partial charge >= 0.3 is 0 Å². The topological polar surface area (TPSA) is 64.4 Å². The molecule has 0 aliphatic carbocycles. The Balaban J connectivity index is 1.86. The van der Waals surface area contributed by atoms with Crippen molar-refractivity contribution >= 4 is 16.8 Å². The fourth-order valence-corrected chi connectivity index (χ4v) is 3.30. The second-order valence-corrected chi connectivity index (χ2v) is 6.33. The molecule has 2 heterocycles. The zero-order valence-corrected chi connectivity index (χ0v) is 15.0. The fraction of sp³-hybridized carbons (Fsp3) is 0.526. The first-order chi connectivity index (χ1) is 12.1. The van der Waals surface area contributed by atoms with Gasteiger partial charge in [-0.05, 0) is 44.9 Å². The van der Waals surface area contributed by atoms with Crippen LogP contribution in [0, 0.1) is 0 Å². The van der Waals surface area contributed by atoms with E-state index in [2.05, 4.69) is 4.98 Å². The van der Waals surface area contributed by atoms with E-state index >= 15 is 0 Å². The van der Waals surface area contributed by atoms with Gasteiger partial charge in [-0.25, -0.2) is 4.98 Å². The number of ether oxygens (including phenoxy) is 1. The quantitative estimate of drug-likeness (QED) is 0.836. The number of rotatable bonds is 5. The zero-order valence-electron chi connectivity index (χ0n) is 15.0. The number of aryl methyl sites for hydroxylation is 1. The highest BCUT2D eigenvalue weighted by atomic mass is 16.5. The van der Waals surface area contributed by atoms with Crippen LogP contribution in [0.15, 0.2) is 23.0 Å². The number of carbonyl (C=O) groups excluding carboxylic acids is 1. The minimum absolute atomic E-state index is 0.0116. The van der Waals surface area contributed by atoms with Gasteiger partial charge in [-0.1, -0.05) is 6.42 Å². The smallest absolute Gasteiger partial charge is 0.261 e. The molecule has 0 unspecified atom stereocenters. The number of aromatic nitrogens is 2. The first-order valence-corrected chi connectivity index (χ1v) is 9.08. The van der Waals surface area contributed by atoms with Crippen molar-refractivity contribution < 1.29 is 9.53 Å². The first kappa shape index (κ1) is 17.5. The van der Waals surface area contributed by atoms with Gasteiger partial charge < -0.3 is 9.64 Å². The molecule has 6 nitrogen and oxygen atoms in total. The number of carbonyl (C=O) groups is 1. The molecule has 0 saturated carbocycles. The first-order valence-electron chi connectivity index (χ1n) is 9.08. The fourth-order valence-electron chi connectivity index (χ4n) is 3.30. The number of hydrogen-bond acceptors (Lipinski definition) is 4. The van der Waals surface area contributed by atoms with Crippen LogP contribution in [0.4, 0.5) is 0 Å². The van der Waals surface area contributed by atoms with E-state index < -0.39 is 0 Å². The van der Waals surface area contributed by atoms with Crippen molar-refractivity contribution in [3.8, 4) is 5.75 Å². The summed E-state index contributed by atoms with van der Waals surface area (Å²) in [6, 6.07) is 5.29. The Morgan fingerprint density at radius 3 is 2.80 bits per heavy atom. The largest absolute Gasteiger partial charge is 0.484 e. The van der Waals surface area contributed by atoms with Crippen LogP contribution in [0.5, 0.6) is 5.75 Å². The van der Waals surface area contributed by atoms with Crippen LogP contribution in [-0.4, -0.2) is 40.1 Å². The van der Waals surface area contributed by atoms with Gasteiger partial charge in [0.2, 0.25) is 0 Å². The van der Waals surface area contributed by atoms with E-state index in [0.29, 0.717) is 29.7 Å². The van der Waals surface area contributed by atoms with Crippen molar-refractivity contribution in [2.75, 3.05) is 19.7 Å². The maximum absolute atomic E-state index is 12.8. The minimum Gasteiger partial charge on any atom is -0.484 e. The van der Waals surface area contributed by atoms with Gasteiger partial charge in [0.05, 0.1) is 10.9 Å². The number of nitrogens with zero attached hydrogens (tertiary/aromatic N) is 3. The van der Waals surface area contributed by atoms with Crippen LogP contribution in [0.2, 0.25) is 0 Å². The van der Waals surface area contributed by atoms with Gasteiger partial charge in [0.15, 0.2) is 6.61 Å². The molecule has 0 N–H and O–H groups in total. The van der Waals surface area contributed by atoms with E-state index in [1.807, 2.05) is 13.8 Å². The molecule has 1 aromatic heterocycles. The van der Waals surface area contributed by atoms with Crippen molar-refractivity contribution in [3.63, 3.8) is 0 Å². The number of amides is 1. The number of benzene rings is 1. The highest BCUT2D eigenvalue weighted by molar-refractivity contribution is 5.80. The molecule has 25 heavy (non-hydrogen) atoms. The summed E-state index contributed by atoms with van der Waals surface area (Å²) in [5.41, 5.74) is 0.683. The normalized spacial score (nSPS) is 14.0. The monoisotopic (exact) mass is 343 g/mol. The van der Waals surface area contributed by atoms with E-state index in [4.69, 9.17) is 4.74 Å². The molecule has 134 valence electrons. The summed E-state index contributed by atoms with van der Waals surface area (Å²) in [4.78, 5) is 31.3. The Morgan fingerprint density at radius 1 is 1.24 bits per heavy atom. The number of fused-ring (bicyclic) bond motifs is 2. The Bertz CT molecular complexity index is 825. The molecule has 1 aromatic carbocycles. The van der Waals surface area contributed by atoms with Crippen LogP contribution < -0.4 is 10.3 Å². The third-order valence-electron chi connectivity index (χ3n) is 4.77. The van der Waals surface area contributed by atoms with Crippen molar-refractivity contribution in [1.29, 1.82) is 0 Å². The standard InChI is InChI=1S/C19H25N3O3/c1-3-21(4-2)18(23)13-25-14-9-10-16-15(12-14)19(24)22-11-7-5-6-8-17(22)20-16/h9-10,12H,3-8,11,13H2,1-2H3. The van der Waals surface area contributed by atoms with Crippen LogP contribution in [0.25, 0.3) is 10.9 Å². The second kappa shape index (κ2) is 7.68. The molecule has 0 bridgehead atoms. The molecule has 1 aliphatic rings. The van der Waals surface area contributed by atoms with Gasteiger partial charge in [0.1, 0.15) is 11.6 Å². The summed E-state index contributed by atoms with van der Waals surface area (Å²) in [7, 11) is 0. The van der Waals surface area contributed by atoms with E-state index in [0.717, 1.165) is 38.1 Å². The Labute approximate surface area is 147 Å². The molecular weight excluding hydrogens is 318 g/mol. The zero-order chi connectivity index (χ0) is 17.8. The van der Waals surface area contributed by atoms with Crippen molar-refractivity contribution in [3.05, 3.63) is 34.4 Å². The molecular formula is C19H25N3O3. The van der Waals surface area contributed by atoms with Crippen LogP contribution >= 0.6 is 0 Å². The third kappa shape index (κ3) is 3.67. The van der Waals surface area contributed by atoms with E-state index in [-0.39, 0.29) is 18.1 Å². The third-order valence-corrected chi connectivity index (χ3v) is 4.77. The highest BCUT2D eigenvalue weighted by Gasteiger charge is 2.15. The summed E-state index contributed by atoms with van der Waals surface area (Å²) >= 11 is 0. The second-order valence-electron chi connectivity index (χ2n) is 6.33. The maximum atomic E-state index is 12.8. The van der Waals surface area contributed by atoms with Crippen molar-refractivity contribution in [2.45, 2.75) is 46.1 Å². The lowest BCUT2D eigenvalue weighted by molar-refractivity contribution is -0.132. The molecule has 0 spiro atoms. The Kier molecular flexibility index (Phi) is 5.36. The van der Waals surface area contributed by atoms with E-state index in [9.17, 15) is 9.59 Å². The lowest BCUT2D eigenvalue weighted by atomic mass is 10.2. The predicted molar refractivity (Wildman–Crippen MR) is 97.0 cm³/mol. The molecule has 1 amide bonds. The lowest BCUT2D eigenvalue weighted by Gasteiger charge is -2.18. The minimum atomic E-state index is -0.0538. The van der Waals surface area contributed by atoms with Crippen LogP contribution in [0.3, 0.4) is 0 Å². The molecule has 1 aliphatic heterocycles. The Hall–Kier alpha value is -2.37. The van der Waals surface area contributed by atoms with Gasteiger partial charge in [0, 0.05) is 26.1 Å². The van der Waals surface area contributed by atoms with Gasteiger partial charge in [-0.2, -0.15) is 0 Å². The van der Waals surface area contributed by atoms with Crippen molar-refractivity contribution in [2.24, 2.45) is 0 Å². The van der Waals surface area contributed by atoms with Crippen LogP contribution in [-0.2, 0) is 17.8 Å². The van der Waals surface area contributed by atoms with Crippen molar-refractivity contribution in [1.82, 2.24) is 14.5 Å². The van der Waals surface area contributed by atoms with E-state index in [1.165, 1.54) is 0 Å². The molecule has 0 fully saturated rings. The molecule has 2 aromatic rings. The molecule has 3 rings (SSSR count). The van der Waals surface area contributed by atoms with Gasteiger partial charge in [-0.15, -0.1) is 0 Å².